The van der Waals surface area contributed by atoms with Gasteiger partial charge in [-0.15, -0.1) is 0 Å². The molecule has 8 nitrogen and oxygen atoms in total. The van der Waals surface area contributed by atoms with Crippen LogP contribution in [-0.4, -0.2) is 47.7 Å². The second-order valence-corrected chi connectivity index (χ2v) is 4.53. The largest absolute Gasteiger partial charge is 0.380 e. The summed E-state index contributed by atoms with van der Waals surface area (Å²) in [5.74, 6) is 0.654. The van der Waals surface area contributed by atoms with Gasteiger partial charge in [0.1, 0.15) is 6.33 Å². The Labute approximate surface area is 117 Å². The third-order valence-corrected chi connectivity index (χ3v) is 3.05. The van der Waals surface area contributed by atoms with Crippen LogP contribution in [0.5, 0.6) is 0 Å². The molecule has 0 spiro atoms. The summed E-state index contributed by atoms with van der Waals surface area (Å²) in [5.41, 5.74) is -0.0529. The Morgan fingerprint density at radius 1 is 1.45 bits per heavy atom. The van der Waals surface area contributed by atoms with Crippen LogP contribution in [0.15, 0.2) is 6.33 Å². The number of hydrogen-bond donors (Lipinski definition) is 1. The average molecular weight is 281 g/mol. The number of nitrogens with one attached hydrogen (secondary N) is 1. The molecule has 0 saturated carbocycles. The lowest BCUT2D eigenvalue weighted by Gasteiger charge is -2.20. The lowest BCUT2D eigenvalue weighted by Crippen LogP contribution is -2.28. The zero-order valence-electron chi connectivity index (χ0n) is 11.5. The number of nitrogens with zero attached hydrogens (tertiary/aromatic N) is 4. The molecule has 1 aromatic heterocycles. The summed E-state index contributed by atoms with van der Waals surface area (Å²) < 4.78 is 5.37. The predicted molar refractivity (Wildman–Crippen MR) is 75.1 cm³/mol. The zero-order valence-corrected chi connectivity index (χ0v) is 11.5. The van der Waals surface area contributed by atoms with Gasteiger partial charge in [-0.25, -0.2) is 9.97 Å². The molecule has 0 aromatic carbocycles. The standard InChI is InChI=1S/C12H19N5O3/c1-2-4-13-11-10(17(18)19)12(15-9-14-11)16-5-3-7-20-8-6-16/h9H,2-8H2,1H3,(H,13,14,15). The molecule has 0 amide bonds. The second kappa shape index (κ2) is 6.99. The van der Waals surface area contributed by atoms with E-state index in [0.29, 0.717) is 38.7 Å². The Morgan fingerprint density at radius 2 is 2.30 bits per heavy atom. The van der Waals surface area contributed by atoms with Crippen molar-refractivity contribution in [2.45, 2.75) is 19.8 Å². The summed E-state index contributed by atoms with van der Waals surface area (Å²) in [7, 11) is 0. The molecule has 1 aliphatic rings. The van der Waals surface area contributed by atoms with E-state index in [0.717, 1.165) is 12.8 Å². The molecule has 1 saturated heterocycles. The zero-order chi connectivity index (χ0) is 14.4. The molecule has 1 fully saturated rings. The van der Waals surface area contributed by atoms with Crippen molar-refractivity contribution >= 4 is 17.3 Å². The highest BCUT2D eigenvalue weighted by molar-refractivity contribution is 5.70. The van der Waals surface area contributed by atoms with Crippen LogP contribution in [0.4, 0.5) is 17.3 Å². The first-order valence-corrected chi connectivity index (χ1v) is 6.80. The molecule has 1 aliphatic heterocycles. The highest BCUT2D eigenvalue weighted by atomic mass is 16.6. The fourth-order valence-electron chi connectivity index (χ4n) is 2.10. The number of aromatic nitrogens is 2. The molecule has 0 aliphatic carbocycles. The van der Waals surface area contributed by atoms with Crippen molar-refractivity contribution in [1.29, 1.82) is 0 Å². The Bertz CT molecular complexity index is 460. The molecule has 8 heteroatoms. The molecular weight excluding hydrogens is 262 g/mol. The van der Waals surface area contributed by atoms with Crippen LogP contribution >= 0.6 is 0 Å². The van der Waals surface area contributed by atoms with Gasteiger partial charge in [-0.3, -0.25) is 10.1 Å². The molecule has 0 radical (unpaired) electrons. The molecule has 110 valence electrons. The number of ether oxygens (including phenoxy) is 1. The maximum atomic E-state index is 11.4. The first-order chi connectivity index (χ1) is 9.74. The summed E-state index contributed by atoms with van der Waals surface area (Å²) in [5, 5.41) is 14.4. The van der Waals surface area contributed by atoms with E-state index in [1.165, 1.54) is 6.33 Å². The summed E-state index contributed by atoms with van der Waals surface area (Å²) in [6.07, 6.45) is 3.07. The number of rotatable bonds is 5. The minimum Gasteiger partial charge on any atom is -0.380 e. The van der Waals surface area contributed by atoms with Crippen LogP contribution < -0.4 is 10.2 Å². The number of anilines is 2. The highest BCUT2D eigenvalue weighted by Crippen LogP contribution is 2.32. The molecule has 1 N–H and O–H groups in total. The normalized spacial score (nSPS) is 15.8. The van der Waals surface area contributed by atoms with E-state index in [1.54, 1.807) is 0 Å². The van der Waals surface area contributed by atoms with Crippen LogP contribution in [0.25, 0.3) is 0 Å². The van der Waals surface area contributed by atoms with Crippen LogP contribution in [0, 0.1) is 10.1 Å². The van der Waals surface area contributed by atoms with Gasteiger partial charge in [0.15, 0.2) is 0 Å². The topological polar surface area (TPSA) is 93.4 Å². The van der Waals surface area contributed by atoms with E-state index in [4.69, 9.17) is 4.74 Å². The van der Waals surface area contributed by atoms with Gasteiger partial charge in [0.2, 0.25) is 11.6 Å². The first-order valence-electron chi connectivity index (χ1n) is 6.80. The summed E-state index contributed by atoms with van der Waals surface area (Å²) in [4.78, 5) is 20.9. The van der Waals surface area contributed by atoms with Crippen molar-refractivity contribution in [3.05, 3.63) is 16.4 Å². The lowest BCUT2D eigenvalue weighted by molar-refractivity contribution is -0.383. The van der Waals surface area contributed by atoms with Gasteiger partial charge in [0, 0.05) is 26.2 Å². The van der Waals surface area contributed by atoms with E-state index in [2.05, 4.69) is 15.3 Å². The van der Waals surface area contributed by atoms with Crippen LogP contribution in [0.1, 0.15) is 19.8 Å². The van der Waals surface area contributed by atoms with Gasteiger partial charge in [0.05, 0.1) is 11.5 Å². The maximum absolute atomic E-state index is 11.4. The molecule has 0 unspecified atom stereocenters. The van der Waals surface area contributed by atoms with Gasteiger partial charge >= 0.3 is 5.69 Å². The van der Waals surface area contributed by atoms with E-state index >= 15 is 0 Å². The third kappa shape index (κ3) is 3.32. The molecule has 2 heterocycles. The smallest absolute Gasteiger partial charge is 0.353 e. The van der Waals surface area contributed by atoms with E-state index in [9.17, 15) is 10.1 Å². The Hall–Kier alpha value is -1.96. The minimum atomic E-state index is -0.418. The monoisotopic (exact) mass is 281 g/mol. The maximum Gasteiger partial charge on any atom is 0.353 e. The van der Waals surface area contributed by atoms with Crippen LogP contribution in [0.2, 0.25) is 0 Å². The predicted octanol–water partition coefficient (Wildman–Crippen LogP) is 1.43. The number of nitro groups is 1. The Morgan fingerprint density at radius 3 is 3.05 bits per heavy atom. The van der Waals surface area contributed by atoms with E-state index < -0.39 is 4.92 Å². The van der Waals surface area contributed by atoms with Gasteiger partial charge < -0.3 is 15.0 Å². The fraction of sp³-hybridized carbons (Fsp3) is 0.667. The van der Waals surface area contributed by atoms with Crippen molar-refractivity contribution in [2.75, 3.05) is 43.1 Å². The van der Waals surface area contributed by atoms with Gasteiger partial charge in [-0.1, -0.05) is 6.92 Å². The first kappa shape index (κ1) is 14.4. The third-order valence-electron chi connectivity index (χ3n) is 3.05. The second-order valence-electron chi connectivity index (χ2n) is 4.53. The summed E-state index contributed by atoms with van der Waals surface area (Å²) in [6, 6.07) is 0. The van der Waals surface area contributed by atoms with Crippen molar-refractivity contribution in [2.24, 2.45) is 0 Å². The van der Waals surface area contributed by atoms with Gasteiger partial charge in [-0.2, -0.15) is 0 Å². The van der Waals surface area contributed by atoms with Crippen LogP contribution in [0.3, 0.4) is 0 Å². The highest BCUT2D eigenvalue weighted by Gasteiger charge is 2.27. The molecule has 0 bridgehead atoms. The fourth-order valence-corrected chi connectivity index (χ4v) is 2.10. The van der Waals surface area contributed by atoms with E-state index in [1.807, 2.05) is 11.8 Å². The lowest BCUT2D eigenvalue weighted by atomic mass is 10.3. The Balaban J connectivity index is 2.32. The van der Waals surface area contributed by atoms with Crippen LogP contribution in [-0.2, 0) is 4.74 Å². The average Bonchev–Trinajstić information content (AvgIpc) is 2.73. The molecular formula is C12H19N5O3. The molecule has 0 atom stereocenters. The summed E-state index contributed by atoms with van der Waals surface area (Å²) in [6.45, 7) is 5.17. The van der Waals surface area contributed by atoms with Gasteiger partial charge in [0.25, 0.3) is 0 Å². The SMILES string of the molecule is CCCNc1ncnc(N2CCCOCC2)c1[N+](=O)[O-]. The number of hydrogen-bond acceptors (Lipinski definition) is 7. The van der Waals surface area contributed by atoms with E-state index in [-0.39, 0.29) is 11.5 Å². The van der Waals surface area contributed by atoms with Crippen molar-refractivity contribution in [3.63, 3.8) is 0 Å². The molecule has 2 rings (SSSR count). The quantitative estimate of drug-likeness (QED) is 0.644. The Kier molecular flexibility index (Phi) is 5.05. The minimum absolute atomic E-state index is 0.0529. The van der Waals surface area contributed by atoms with Crippen molar-refractivity contribution in [3.8, 4) is 0 Å². The van der Waals surface area contributed by atoms with Gasteiger partial charge in [-0.05, 0) is 12.8 Å². The molecule has 20 heavy (non-hydrogen) atoms. The summed E-state index contributed by atoms with van der Waals surface area (Å²) >= 11 is 0. The molecule has 1 aromatic rings. The van der Waals surface area contributed by atoms with Crippen molar-refractivity contribution in [1.82, 2.24) is 9.97 Å². The van der Waals surface area contributed by atoms with Crippen molar-refractivity contribution < 1.29 is 9.66 Å².